The van der Waals surface area contributed by atoms with E-state index in [2.05, 4.69) is 25.0 Å². The summed E-state index contributed by atoms with van der Waals surface area (Å²) < 4.78 is 70.9. The first-order chi connectivity index (χ1) is 10.6. The van der Waals surface area contributed by atoms with Gasteiger partial charge in [-0.15, -0.1) is 0 Å². The van der Waals surface area contributed by atoms with Crippen LogP contribution in [0, 0.1) is 5.92 Å². The summed E-state index contributed by atoms with van der Waals surface area (Å²) in [5.74, 6) is -0.0372. The van der Waals surface area contributed by atoms with Crippen molar-refractivity contribution in [3.05, 3.63) is 11.3 Å². The zero-order valence-electron chi connectivity index (χ0n) is 15.1. The smallest absolute Gasteiger partial charge is 0.413 e. The van der Waals surface area contributed by atoms with E-state index in [4.69, 9.17) is 4.43 Å². The van der Waals surface area contributed by atoms with Crippen LogP contribution >= 0.6 is 0 Å². The summed E-state index contributed by atoms with van der Waals surface area (Å²) in [6.45, 7) is 12.2. The average Bonchev–Trinajstić information content (AvgIpc) is 2.34. The molecule has 9 heteroatoms. The Balaban J connectivity index is 3.02. The van der Waals surface area contributed by atoms with Crippen molar-refractivity contribution in [2.75, 3.05) is 6.61 Å². The molecule has 0 saturated heterocycles. The molecule has 0 aliphatic heterocycles. The second-order valence-electron chi connectivity index (χ2n) is 7.91. The molecule has 0 N–H and O–H groups in total. The van der Waals surface area contributed by atoms with E-state index in [1.54, 1.807) is 0 Å². The summed E-state index contributed by atoms with van der Waals surface area (Å²) in [6.07, 6.45) is 1.43. The highest BCUT2D eigenvalue weighted by atomic mass is 32.2. The van der Waals surface area contributed by atoms with Crippen LogP contribution in [-0.2, 0) is 18.7 Å². The van der Waals surface area contributed by atoms with E-state index in [9.17, 15) is 21.6 Å². The molecule has 0 fully saturated rings. The average molecular weight is 389 g/mol. The molecule has 0 heterocycles. The molecule has 0 aromatic carbocycles. The van der Waals surface area contributed by atoms with E-state index in [0.29, 0.717) is 12.0 Å². The number of hydrogen-bond acceptors (Lipinski definition) is 4. The summed E-state index contributed by atoms with van der Waals surface area (Å²) >= 11 is 0. The van der Waals surface area contributed by atoms with Gasteiger partial charge in [-0.1, -0.05) is 27.7 Å². The van der Waals surface area contributed by atoms with E-state index in [-0.39, 0.29) is 29.7 Å². The van der Waals surface area contributed by atoms with Gasteiger partial charge in [-0.3, -0.25) is 0 Å². The second-order valence-corrected chi connectivity index (χ2v) is 14.3. The first-order valence-corrected chi connectivity index (χ1v) is 12.2. The van der Waals surface area contributed by atoms with Gasteiger partial charge in [-0.2, -0.15) is 21.6 Å². The van der Waals surface area contributed by atoms with Gasteiger partial charge in [0, 0.05) is 6.42 Å². The Kier molecular flexibility index (Phi) is 6.26. The number of hydrogen-bond donors (Lipinski definition) is 0. The molecule has 0 aromatic heterocycles. The first kappa shape index (κ1) is 21.5. The Bertz CT molecular complexity index is 589. The molecule has 24 heavy (non-hydrogen) atoms. The zero-order valence-corrected chi connectivity index (χ0v) is 16.9. The molecule has 0 radical (unpaired) electrons. The fourth-order valence-electron chi connectivity index (χ4n) is 2.03. The lowest BCUT2D eigenvalue weighted by Crippen LogP contribution is -2.41. The summed E-state index contributed by atoms with van der Waals surface area (Å²) in [7, 11) is -7.73. The SMILES string of the molecule is CC1CCC(CO[Si](C)(C)C(C)(C)C)=C(OS(=O)(=O)C(F)(F)F)C1. The summed E-state index contributed by atoms with van der Waals surface area (Å²) in [5.41, 5.74) is -4.91. The monoisotopic (exact) mass is 388 g/mol. The molecule has 0 spiro atoms. The standard InChI is InChI=1S/C15H27F3O4SSi/c1-11-7-8-12(10-21-24(5,6)14(2,3)4)13(9-11)22-23(19,20)15(16,17)18/h11H,7-10H2,1-6H3. The van der Waals surface area contributed by atoms with Crippen LogP contribution < -0.4 is 0 Å². The Morgan fingerprint density at radius 1 is 1.21 bits per heavy atom. The fraction of sp³-hybridized carbons (Fsp3) is 0.867. The van der Waals surface area contributed by atoms with Crippen molar-refractivity contribution in [2.45, 2.75) is 70.6 Å². The van der Waals surface area contributed by atoms with Crippen molar-refractivity contribution in [1.82, 2.24) is 0 Å². The Morgan fingerprint density at radius 3 is 2.21 bits per heavy atom. The van der Waals surface area contributed by atoms with Crippen molar-refractivity contribution in [2.24, 2.45) is 5.92 Å². The minimum Gasteiger partial charge on any atom is -0.413 e. The van der Waals surface area contributed by atoms with Crippen molar-refractivity contribution in [3.63, 3.8) is 0 Å². The van der Waals surface area contributed by atoms with E-state index in [0.717, 1.165) is 6.42 Å². The quantitative estimate of drug-likeness (QED) is 0.380. The molecule has 1 rings (SSSR count). The largest absolute Gasteiger partial charge is 0.534 e. The maximum atomic E-state index is 12.6. The van der Waals surface area contributed by atoms with Crippen LogP contribution in [0.3, 0.4) is 0 Å². The minimum absolute atomic E-state index is 0.0470. The van der Waals surface area contributed by atoms with E-state index >= 15 is 0 Å². The van der Waals surface area contributed by atoms with Gasteiger partial charge >= 0.3 is 15.6 Å². The number of rotatable bonds is 5. The molecule has 0 amide bonds. The van der Waals surface area contributed by atoms with E-state index in [1.807, 2.05) is 20.0 Å². The third kappa shape index (κ3) is 5.22. The molecule has 1 unspecified atom stereocenters. The van der Waals surface area contributed by atoms with Crippen LogP contribution in [-0.4, -0.2) is 28.9 Å². The highest BCUT2D eigenvalue weighted by molar-refractivity contribution is 7.87. The van der Waals surface area contributed by atoms with Gasteiger partial charge in [-0.05, 0) is 42.5 Å². The molecule has 1 atom stereocenters. The molecule has 0 saturated carbocycles. The lowest BCUT2D eigenvalue weighted by atomic mass is 9.90. The second kappa shape index (κ2) is 6.99. The molecule has 1 aliphatic carbocycles. The van der Waals surface area contributed by atoms with Crippen LogP contribution in [0.2, 0.25) is 18.1 Å². The molecule has 4 nitrogen and oxygen atoms in total. The Morgan fingerprint density at radius 2 is 1.75 bits per heavy atom. The Labute approximate surface area is 143 Å². The maximum absolute atomic E-state index is 12.6. The van der Waals surface area contributed by atoms with Gasteiger partial charge in [0.05, 0.1) is 6.61 Å². The van der Waals surface area contributed by atoms with E-state index < -0.39 is 23.9 Å². The number of allylic oxidation sites excluding steroid dienone is 1. The molecule has 0 bridgehead atoms. The third-order valence-electron chi connectivity index (χ3n) is 4.77. The van der Waals surface area contributed by atoms with Gasteiger partial charge < -0.3 is 8.61 Å². The number of halogens is 3. The molecular weight excluding hydrogens is 361 g/mol. The third-order valence-corrected chi connectivity index (χ3v) is 10.2. The molecule has 142 valence electrons. The maximum Gasteiger partial charge on any atom is 0.534 e. The summed E-state index contributed by atoms with van der Waals surface area (Å²) in [4.78, 5) is 0. The van der Waals surface area contributed by atoms with Crippen LogP contribution in [0.5, 0.6) is 0 Å². The number of alkyl halides is 3. The normalized spacial score (nSPS) is 21.1. The molecule has 1 aliphatic rings. The Hall–Kier alpha value is -0.543. The molecular formula is C15H27F3O4SSi. The predicted molar refractivity (Wildman–Crippen MR) is 89.2 cm³/mol. The molecule has 0 aromatic rings. The topological polar surface area (TPSA) is 52.6 Å². The fourth-order valence-corrected chi connectivity index (χ4v) is 3.55. The van der Waals surface area contributed by atoms with Crippen molar-refractivity contribution in [1.29, 1.82) is 0 Å². The zero-order chi connectivity index (χ0) is 19.0. The van der Waals surface area contributed by atoms with Gasteiger partial charge in [0.2, 0.25) is 0 Å². The summed E-state index contributed by atoms with van der Waals surface area (Å²) in [6, 6.07) is 0. The van der Waals surface area contributed by atoms with E-state index in [1.165, 1.54) is 0 Å². The van der Waals surface area contributed by atoms with Gasteiger partial charge in [0.15, 0.2) is 8.32 Å². The highest BCUT2D eigenvalue weighted by Crippen LogP contribution is 2.39. The van der Waals surface area contributed by atoms with Crippen LogP contribution in [0.4, 0.5) is 13.2 Å². The van der Waals surface area contributed by atoms with Crippen molar-refractivity contribution in [3.8, 4) is 0 Å². The van der Waals surface area contributed by atoms with Crippen molar-refractivity contribution >= 4 is 18.4 Å². The van der Waals surface area contributed by atoms with Gasteiger partial charge in [-0.25, -0.2) is 0 Å². The summed E-state index contributed by atoms with van der Waals surface area (Å²) in [5, 5.41) is -0.0470. The van der Waals surface area contributed by atoms with Crippen LogP contribution in [0.1, 0.15) is 47.0 Å². The lowest BCUT2D eigenvalue weighted by Gasteiger charge is -2.37. The van der Waals surface area contributed by atoms with Crippen LogP contribution in [0.25, 0.3) is 0 Å². The predicted octanol–water partition coefficient (Wildman–Crippen LogP) is 4.95. The highest BCUT2D eigenvalue weighted by Gasteiger charge is 2.49. The van der Waals surface area contributed by atoms with Gasteiger partial charge in [0.1, 0.15) is 5.76 Å². The first-order valence-electron chi connectivity index (χ1n) is 7.92. The minimum atomic E-state index is -5.64. The van der Waals surface area contributed by atoms with Gasteiger partial charge in [0.25, 0.3) is 0 Å². The van der Waals surface area contributed by atoms with Crippen molar-refractivity contribution < 1.29 is 30.2 Å². The van der Waals surface area contributed by atoms with Crippen LogP contribution in [0.15, 0.2) is 11.3 Å². The lowest BCUT2D eigenvalue weighted by molar-refractivity contribution is -0.0526.